The minimum atomic E-state index is -4.72. The highest BCUT2D eigenvalue weighted by atomic mass is 31.2. The Morgan fingerprint density at radius 2 is 1.73 bits per heavy atom. The van der Waals surface area contributed by atoms with Crippen LogP contribution in [0, 0.1) is 5.92 Å². The van der Waals surface area contributed by atoms with Gasteiger partial charge in [-0.2, -0.15) is 0 Å². The molecule has 0 aliphatic heterocycles. The van der Waals surface area contributed by atoms with Crippen LogP contribution < -0.4 is 5.32 Å². The zero-order valence-corrected chi connectivity index (χ0v) is 15.5. The summed E-state index contributed by atoms with van der Waals surface area (Å²) < 4.78 is 32.2. The van der Waals surface area contributed by atoms with Crippen molar-refractivity contribution in [3.05, 3.63) is 12.7 Å². The van der Waals surface area contributed by atoms with E-state index in [-0.39, 0.29) is 6.42 Å². The molecule has 0 saturated heterocycles. The minimum absolute atomic E-state index is 0.240. The highest BCUT2D eigenvalue weighted by Crippen LogP contribution is 2.39. The summed E-state index contributed by atoms with van der Waals surface area (Å²) in [6, 6.07) is 0. The first-order chi connectivity index (χ1) is 12.1. The van der Waals surface area contributed by atoms with Crippen LogP contribution in [0.4, 0.5) is 5.82 Å². The number of phosphoric acid groups is 2. The number of imidazole rings is 1. The second kappa shape index (κ2) is 8.51. The summed E-state index contributed by atoms with van der Waals surface area (Å²) in [5.41, 5.74) is 1.08. The van der Waals surface area contributed by atoms with Gasteiger partial charge in [0.15, 0.2) is 11.5 Å². The number of rotatable bonds is 10. The Hall–Kier alpha value is -1.43. The van der Waals surface area contributed by atoms with Crippen molar-refractivity contribution >= 4 is 32.6 Å². The molecule has 0 aliphatic rings. The summed E-state index contributed by atoms with van der Waals surface area (Å²) in [6.45, 7) is -0.572. The van der Waals surface area contributed by atoms with Gasteiger partial charge in [-0.1, -0.05) is 0 Å². The van der Waals surface area contributed by atoms with Crippen molar-refractivity contribution in [3.63, 3.8) is 0 Å². The number of nitrogens with zero attached hydrogens (tertiary/aromatic N) is 4. The van der Waals surface area contributed by atoms with Crippen LogP contribution in [0.3, 0.4) is 0 Å². The third-order valence-corrected chi connectivity index (χ3v) is 4.34. The lowest BCUT2D eigenvalue weighted by atomic mass is 10.1. The predicted molar refractivity (Wildman–Crippen MR) is 89.0 cm³/mol. The molecular weight excluding hydrogens is 392 g/mol. The van der Waals surface area contributed by atoms with Crippen LogP contribution in [0.15, 0.2) is 12.7 Å². The molecule has 2 heterocycles. The molecule has 2 aromatic heterocycles. The van der Waals surface area contributed by atoms with Gasteiger partial charge in [-0.3, -0.25) is 9.05 Å². The van der Waals surface area contributed by atoms with Crippen LogP contribution >= 0.6 is 15.6 Å². The Bertz CT molecular complexity index is 807. The molecule has 0 radical (unpaired) electrons. The molecule has 0 amide bonds. The lowest BCUT2D eigenvalue weighted by Gasteiger charge is -2.18. The summed E-state index contributed by atoms with van der Waals surface area (Å²) in [4.78, 5) is 47.6. The molecule has 0 spiro atoms. The third-order valence-electron chi connectivity index (χ3n) is 3.37. The van der Waals surface area contributed by atoms with Crippen LogP contribution in [0.2, 0.25) is 0 Å². The fourth-order valence-corrected chi connectivity index (χ4v) is 2.98. The van der Waals surface area contributed by atoms with E-state index in [4.69, 9.17) is 19.6 Å². The van der Waals surface area contributed by atoms with Crippen molar-refractivity contribution in [2.45, 2.75) is 13.0 Å². The van der Waals surface area contributed by atoms with Gasteiger partial charge in [0.25, 0.3) is 0 Å². The zero-order valence-electron chi connectivity index (χ0n) is 13.7. The van der Waals surface area contributed by atoms with E-state index in [0.29, 0.717) is 23.5 Å². The smallest absolute Gasteiger partial charge is 0.371 e. The number of aryl methyl sites for hydroxylation is 1. The molecule has 15 heteroatoms. The van der Waals surface area contributed by atoms with Crippen LogP contribution in [-0.4, -0.2) is 59.4 Å². The molecule has 0 bridgehead atoms. The number of aromatic nitrogens is 4. The average Bonchev–Trinajstić information content (AvgIpc) is 2.95. The molecule has 0 aliphatic carbocycles. The van der Waals surface area contributed by atoms with Gasteiger partial charge >= 0.3 is 15.6 Å². The molecule has 0 atom stereocenters. The maximum atomic E-state index is 10.9. The van der Waals surface area contributed by atoms with Gasteiger partial charge in [-0.25, -0.2) is 24.1 Å². The number of fused-ring (bicyclic) bond motifs is 1. The van der Waals surface area contributed by atoms with E-state index in [1.165, 1.54) is 12.7 Å². The van der Waals surface area contributed by atoms with Gasteiger partial charge < -0.3 is 29.5 Å². The van der Waals surface area contributed by atoms with E-state index in [2.05, 4.69) is 29.3 Å². The SMILES string of the molecule is CNc1ncnc2c1ncn2CCC(COP(=O)(O)O)COP(=O)(O)O. The van der Waals surface area contributed by atoms with Crippen molar-refractivity contribution in [1.82, 2.24) is 19.5 Å². The van der Waals surface area contributed by atoms with Crippen molar-refractivity contribution in [1.29, 1.82) is 0 Å². The molecule has 26 heavy (non-hydrogen) atoms. The van der Waals surface area contributed by atoms with Gasteiger partial charge in [-0.15, -0.1) is 0 Å². The lowest BCUT2D eigenvalue weighted by Crippen LogP contribution is -2.17. The van der Waals surface area contributed by atoms with Crippen molar-refractivity contribution < 1.29 is 37.8 Å². The Morgan fingerprint density at radius 3 is 2.27 bits per heavy atom. The van der Waals surface area contributed by atoms with E-state index in [1.54, 1.807) is 11.6 Å². The van der Waals surface area contributed by atoms with Crippen LogP contribution in [0.1, 0.15) is 6.42 Å². The van der Waals surface area contributed by atoms with Crippen LogP contribution in [0.25, 0.3) is 11.2 Å². The highest BCUT2D eigenvalue weighted by molar-refractivity contribution is 7.46. The molecule has 13 nitrogen and oxygen atoms in total. The van der Waals surface area contributed by atoms with Crippen LogP contribution in [-0.2, 0) is 24.7 Å². The molecule has 146 valence electrons. The minimum Gasteiger partial charge on any atom is -0.371 e. The summed E-state index contributed by atoms with van der Waals surface area (Å²) >= 11 is 0. The van der Waals surface area contributed by atoms with Crippen molar-refractivity contribution in [2.75, 3.05) is 25.6 Å². The standard InChI is InChI=1S/C11H19N5O8P2/c1-12-10-9-11(14-6-13-10)16(7-15-9)3-2-8(4-23-25(17,18)19)5-24-26(20,21)22/h6-8H,2-5H2,1H3,(H,12,13,14)(H2,17,18,19)(H2,20,21,22). The first-order valence-corrected chi connectivity index (χ1v) is 10.4. The third kappa shape index (κ3) is 6.38. The molecule has 2 aromatic rings. The van der Waals surface area contributed by atoms with Gasteiger partial charge in [0, 0.05) is 19.5 Å². The Labute approximate surface area is 147 Å². The summed E-state index contributed by atoms with van der Waals surface area (Å²) in [5.74, 6) is -0.140. The Kier molecular flexibility index (Phi) is 6.83. The van der Waals surface area contributed by atoms with Gasteiger partial charge in [0.05, 0.1) is 19.5 Å². The quantitative estimate of drug-likeness (QED) is 0.332. The average molecular weight is 411 g/mol. The molecule has 5 N–H and O–H groups in total. The van der Waals surface area contributed by atoms with Gasteiger partial charge in [0.1, 0.15) is 11.8 Å². The van der Waals surface area contributed by atoms with Crippen molar-refractivity contribution in [2.24, 2.45) is 5.92 Å². The molecule has 0 fully saturated rings. The largest absolute Gasteiger partial charge is 0.469 e. The lowest BCUT2D eigenvalue weighted by molar-refractivity contribution is 0.112. The Morgan fingerprint density at radius 1 is 1.12 bits per heavy atom. The molecule has 0 saturated carbocycles. The van der Waals surface area contributed by atoms with E-state index in [1.807, 2.05) is 0 Å². The van der Waals surface area contributed by atoms with Gasteiger partial charge in [0.2, 0.25) is 0 Å². The molecule has 0 aromatic carbocycles. The molecule has 0 unspecified atom stereocenters. The number of hydrogen-bond donors (Lipinski definition) is 5. The Balaban J connectivity index is 2.07. The van der Waals surface area contributed by atoms with E-state index < -0.39 is 34.8 Å². The predicted octanol–water partition coefficient (Wildman–Crippen LogP) is 0.0929. The van der Waals surface area contributed by atoms with Crippen molar-refractivity contribution in [3.8, 4) is 0 Å². The van der Waals surface area contributed by atoms with Crippen LogP contribution in [0.5, 0.6) is 0 Å². The number of hydrogen-bond acceptors (Lipinski definition) is 8. The first kappa shape index (κ1) is 20.9. The maximum absolute atomic E-state index is 10.9. The second-order valence-electron chi connectivity index (χ2n) is 5.31. The molecule has 2 rings (SSSR count). The number of nitrogens with one attached hydrogen (secondary N) is 1. The molecular formula is C11H19N5O8P2. The second-order valence-corrected chi connectivity index (χ2v) is 7.79. The van der Waals surface area contributed by atoms with E-state index in [0.717, 1.165) is 0 Å². The van der Waals surface area contributed by atoms with E-state index >= 15 is 0 Å². The maximum Gasteiger partial charge on any atom is 0.469 e. The normalized spacial score (nSPS) is 12.8. The summed E-state index contributed by atoms with van der Waals surface area (Å²) in [6.07, 6.45) is 3.12. The van der Waals surface area contributed by atoms with Gasteiger partial charge in [-0.05, 0) is 6.42 Å². The van der Waals surface area contributed by atoms with E-state index in [9.17, 15) is 9.13 Å². The zero-order chi connectivity index (χ0) is 19.4. The summed E-state index contributed by atoms with van der Waals surface area (Å²) in [5, 5.41) is 2.88. The number of phosphoric ester groups is 2. The highest BCUT2D eigenvalue weighted by Gasteiger charge is 2.23. The fraction of sp³-hybridized carbons (Fsp3) is 0.545. The number of anilines is 1. The summed E-state index contributed by atoms with van der Waals surface area (Å²) in [7, 11) is -7.74. The fourth-order valence-electron chi connectivity index (χ4n) is 2.17. The first-order valence-electron chi connectivity index (χ1n) is 7.33. The monoisotopic (exact) mass is 411 g/mol. The topological polar surface area (TPSA) is 189 Å².